The van der Waals surface area contributed by atoms with Crippen LogP contribution in [-0.4, -0.2) is 84.9 Å². The molecular weight excluding hydrogens is 462 g/mol. The van der Waals surface area contributed by atoms with E-state index >= 15 is 0 Å². The Bertz CT molecular complexity index is 1100. The number of aliphatic carboxylic acids is 2. The highest BCUT2D eigenvalue weighted by atomic mass is 19.1. The van der Waals surface area contributed by atoms with E-state index in [-0.39, 0.29) is 17.7 Å². The van der Waals surface area contributed by atoms with Gasteiger partial charge in [0, 0.05) is 26.2 Å². The summed E-state index contributed by atoms with van der Waals surface area (Å²) in [6.45, 7) is 7.31. The molecule has 1 fully saturated rings. The van der Waals surface area contributed by atoms with Crippen LogP contribution in [0, 0.1) is 11.6 Å². The molecule has 1 atom stereocenters. The van der Waals surface area contributed by atoms with Crippen LogP contribution in [0.1, 0.15) is 29.9 Å². The Morgan fingerprint density at radius 2 is 1.46 bits per heavy atom. The summed E-state index contributed by atoms with van der Waals surface area (Å²) < 4.78 is 28.5. The zero-order valence-corrected chi connectivity index (χ0v) is 19.1. The van der Waals surface area contributed by atoms with Crippen LogP contribution < -0.4 is 0 Å². The highest BCUT2D eigenvalue weighted by molar-refractivity contribution is 6.27. The van der Waals surface area contributed by atoms with Gasteiger partial charge in [0.2, 0.25) is 0 Å². The molecule has 1 unspecified atom stereocenters. The van der Waals surface area contributed by atoms with Gasteiger partial charge in [0.05, 0.1) is 12.6 Å². The molecule has 0 saturated carbocycles. The summed E-state index contributed by atoms with van der Waals surface area (Å²) in [7, 11) is 0. The minimum Gasteiger partial charge on any atom is -0.473 e. The lowest BCUT2D eigenvalue weighted by Gasteiger charge is -2.38. The van der Waals surface area contributed by atoms with E-state index in [1.165, 1.54) is 24.3 Å². The number of hydrogen-bond acceptors (Lipinski definition) is 7. The van der Waals surface area contributed by atoms with Crippen molar-refractivity contribution in [2.75, 3.05) is 32.7 Å². The maximum Gasteiger partial charge on any atom is 0.414 e. The minimum atomic E-state index is -1.82. The molecule has 0 bridgehead atoms. The Morgan fingerprint density at radius 1 is 0.914 bits per heavy atom. The Hall–Kier alpha value is -3.77. The molecule has 2 aromatic carbocycles. The monoisotopic (exact) mass is 488 g/mol. The van der Waals surface area contributed by atoms with Gasteiger partial charge in [-0.2, -0.15) is 0 Å². The van der Waals surface area contributed by atoms with E-state index in [0.717, 1.165) is 43.9 Å². The van der Waals surface area contributed by atoms with Gasteiger partial charge >= 0.3 is 11.9 Å². The first kappa shape index (κ1) is 25.8. The summed E-state index contributed by atoms with van der Waals surface area (Å²) in [5.41, 5.74) is 1.86. The van der Waals surface area contributed by atoms with Crippen LogP contribution >= 0.6 is 0 Å². The summed E-state index contributed by atoms with van der Waals surface area (Å²) >= 11 is 0. The molecule has 0 amide bonds. The first-order valence-electron chi connectivity index (χ1n) is 11.0. The summed E-state index contributed by atoms with van der Waals surface area (Å²) in [5, 5.41) is 27.2. The van der Waals surface area contributed by atoms with E-state index in [9.17, 15) is 8.78 Å². The molecular formula is C23H26F2N6O4. The fourth-order valence-corrected chi connectivity index (χ4v) is 3.79. The quantitative estimate of drug-likeness (QED) is 0.501. The van der Waals surface area contributed by atoms with Gasteiger partial charge in [0.25, 0.3) is 0 Å². The Morgan fingerprint density at radius 3 is 1.97 bits per heavy atom. The maximum atomic E-state index is 13.5. The topological polar surface area (TPSA) is 125 Å². The molecule has 4 rings (SSSR count). The fourth-order valence-electron chi connectivity index (χ4n) is 3.79. The molecule has 0 spiro atoms. The van der Waals surface area contributed by atoms with Crippen molar-refractivity contribution in [2.45, 2.75) is 19.5 Å². The maximum absolute atomic E-state index is 13.5. The first-order valence-corrected chi connectivity index (χ1v) is 11.0. The number of carboxylic acid groups (broad SMARTS) is 2. The van der Waals surface area contributed by atoms with Crippen LogP contribution in [0.5, 0.6) is 0 Å². The van der Waals surface area contributed by atoms with Crippen molar-refractivity contribution in [1.29, 1.82) is 0 Å². The Labute approximate surface area is 200 Å². The average Bonchev–Trinajstić information content (AvgIpc) is 3.30. The van der Waals surface area contributed by atoms with E-state index in [2.05, 4.69) is 32.2 Å². The molecule has 1 aliphatic rings. The van der Waals surface area contributed by atoms with Crippen LogP contribution in [0.4, 0.5) is 8.78 Å². The van der Waals surface area contributed by atoms with Gasteiger partial charge in [0.1, 0.15) is 11.6 Å². The molecule has 186 valence electrons. The standard InChI is InChI=1S/C21H24F2N6.C2H2O4/c1-2-27-11-13-28(14-12-27)20(17-5-9-19(23)10-6-17)21-24-25-26-29(21)15-16-3-7-18(22)8-4-16;3-1(4)2(5)6/h3-10,20H,2,11-15H2,1H3;(H,3,4)(H,5,6). The number of benzene rings is 2. The van der Waals surface area contributed by atoms with Crippen molar-refractivity contribution in [3.05, 3.63) is 77.1 Å². The average molecular weight is 488 g/mol. The molecule has 2 heterocycles. The highest BCUT2D eigenvalue weighted by Gasteiger charge is 2.30. The predicted octanol–water partition coefficient (Wildman–Crippen LogP) is 1.88. The number of likely N-dealkylation sites (N-methyl/N-ethyl adjacent to an activating group) is 1. The Kier molecular flexibility index (Phi) is 8.92. The smallest absolute Gasteiger partial charge is 0.414 e. The third kappa shape index (κ3) is 7.11. The van der Waals surface area contributed by atoms with Gasteiger partial charge in [-0.15, -0.1) is 5.10 Å². The van der Waals surface area contributed by atoms with E-state index in [1.54, 1.807) is 28.9 Å². The van der Waals surface area contributed by atoms with Crippen molar-refractivity contribution in [3.8, 4) is 0 Å². The van der Waals surface area contributed by atoms with Crippen LogP contribution in [-0.2, 0) is 16.1 Å². The van der Waals surface area contributed by atoms with E-state index in [1.807, 2.05) is 0 Å². The summed E-state index contributed by atoms with van der Waals surface area (Å²) in [5.74, 6) is -3.49. The number of halogens is 2. The molecule has 35 heavy (non-hydrogen) atoms. The summed E-state index contributed by atoms with van der Waals surface area (Å²) in [4.78, 5) is 22.9. The third-order valence-electron chi connectivity index (χ3n) is 5.64. The van der Waals surface area contributed by atoms with Gasteiger partial charge in [-0.3, -0.25) is 4.90 Å². The molecule has 12 heteroatoms. The normalized spacial score (nSPS) is 15.2. The number of nitrogens with zero attached hydrogens (tertiary/aromatic N) is 6. The highest BCUT2D eigenvalue weighted by Crippen LogP contribution is 2.28. The Balaban J connectivity index is 0.000000509. The van der Waals surface area contributed by atoms with Crippen molar-refractivity contribution in [1.82, 2.24) is 30.0 Å². The fraction of sp³-hybridized carbons (Fsp3) is 0.348. The van der Waals surface area contributed by atoms with Crippen LogP contribution in [0.2, 0.25) is 0 Å². The number of piperazine rings is 1. The van der Waals surface area contributed by atoms with E-state index in [0.29, 0.717) is 12.4 Å². The van der Waals surface area contributed by atoms with Crippen LogP contribution in [0.25, 0.3) is 0 Å². The molecule has 3 aromatic rings. The molecule has 2 N–H and O–H groups in total. The molecule has 1 aliphatic heterocycles. The molecule has 0 radical (unpaired) electrons. The van der Waals surface area contributed by atoms with Crippen molar-refractivity contribution < 1.29 is 28.6 Å². The second-order valence-corrected chi connectivity index (χ2v) is 7.86. The second-order valence-electron chi connectivity index (χ2n) is 7.86. The lowest BCUT2D eigenvalue weighted by Crippen LogP contribution is -2.48. The SMILES string of the molecule is CCN1CCN(C(c2ccc(F)cc2)c2nnnn2Cc2ccc(F)cc2)CC1.O=C(O)C(=O)O. The van der Waals surface area contributed by atoms with Crippen LogP contribution in [0.15, 0.2) is 48.5 Å². The molecule has 1 saturated heterocycles. The largest absolute Gasteiger partial charge is 0.473 e. The van der Waals surface area contributed by atoms with Gasteiger partial charge in [0.15, 0.2) is 5.82 Å². The molecule has 1 aromatic heterocycles. The second kappa shape index (κ2) is 12.1. The lowest BCUT2D eigenvalue weighted by atomic mass is 10.0. The number of carboxylic acids is 2. The number of carbonyl (C=O) groups is 2. The molecule has 0 aliphatic carbocycles. The third-order valence-corrected chi connectivity index (χ3v) is 5.64. The molecule has 10 nitrogen and oxygen atoms in total. The number of aromatic nitrogens is 4. The lowest BCUT2D eigenvalue weighted by molar-refractivity contribution is -0.159. The number of rotatable bonds is 6. The van der Waals surface area contributed by atoms with Gasteiger partial charge in [-0.25, -0.2) is 23.1 Å². The van der Waals surface area contributed by atoms with Crippen molar-refractivity contribution in [2.24, 2.45) is 0 Å². The number of hydrogen-bond donors (Lipinski definition) is 2. The van der Waals surface area contributed by atoms with E-state index in [4.69, 9.17) is 19.8 Å². The first-order chi connectivity index (χ1) is 16.8. The van der Waals surface area contributed by atoms with Gasteiger partial charge in [-0.1, -0.05) is 31.2 Å². The zero-order valence-electron chi connectivity index (χ0n) is 19.1. The zero-order chi connectivity index (χ0) is 25.4. The van der Waals surface area contributed by atoms with Gasteiger partial charge < -0.3 is 15.1 Å². The van der Waals surface area contributed by atoms with Crippen molar-refractivity contribution in [3.63, 3.8) is 0 Å². The predicted molar refractivity (Wildman–Crippen MR) is 121 cm³/mol. The van der Waals surface area contributed by atoms with Crippen LogP contribution in [0.3, 0.4) is 0 Å². The minimum absolute atomic E-state index is 0.176. The van der Waals surface area contributed by atoms with Crippen molar-refractivity contribution >= 4 is 11.9 Å². The van der Waals surface area contributed by atoms with E-state index < -0.39 is 11.9 Å². The summed E-state index contributed by atoms with van der Waals surface area (Å²) in [6.07, 6.45) is 0. The summed E-state index contributed by atoms with van der Waals surface area (Å²) in [6, 6.07) is 12.7. The number of tetrazole rings is 1. The van der Waals surface area contributed by atoms with Gasteiger partial charge in [-0.05, 0) is 52.4 Å².